The van der Waals surface area contributed by atoms with E-state index in [0.717, 1.165) is 12.8 Å². The van der Waals surface area contributed by atoms with Crippen LogP contribution in [0.1, 0.15) is 45.4 Å². The van der Waals surface area contributed by atoms with Gasteiger partial charge in [0.05, 0.1) is 0 Å². The standard InChI is InChI=1S/C10H19NO2/c1-2-3-6-10(11,9(12)13)7-8-4-5-8/h8H,2-7,11H2,1H3,(H,12,13)/t10-/m1/s1. The molecule has 3 heteroatoms. The van der Waals surface area contributed by atoms with Gasteiger partial charge in [-0.2, -0.15) is 0 Å². The van der Waals surface area contributed by atoms with Gasteiger partial charge in [0.25, 0.3) is 0 Å². The molecule has 0 saturated heterocycles. The van der Waals surface area contributed by atoms with Gasteiger partial charge in [-0.25, -0.2) is 0 Å². The van der Waals surface area contributed by atoms with Crippen molar-refractivity contribution in [3.63, 3.8) is 0 Å². The zero-order chi connectivity index (χ0) is 9.90. The maximum atomic E-state index is 11.0. The quantitative estimate of drug-likeness (QED) is 0.662. The largest absolute Gasteiger partial charge is 0.480 e. The summed E-state index contributed by atoms with van der Waals surface area (Å²) in [6.07, 6.45) is 5.54. The van der Waals surface area contributed by atoms with Crippen molar-refractivity contribution < 1.29 is 9.90 Å². The van der Waals surface area contributed by atoms with Crippen molar-refractivity contribution in [1.82, 2.24) is 0 Å². The Kier molecular flexibility index (Phi) is 3.31. The highest BCUT2D eigenvalue weighted by Gasteiger charge is 2.39. The van der Waals surface area contributed by atoms with Crippen LogP contribution in [0, 0.1) is 5.92 Å². The summed E-state index contributed by atoms with van der Waals surface area (Å²) in [6, 6.07) is 0. The van der Waals surface area contributed by atoms with E-state index in [9.17, 15) is 4.79 Å². The second-order valence-corrected chi connectivity index (χ2v) is 4.21. The Hall–Kier alpha value is -0.570. The highest BCUT2D eigenvalue weighted by molar-refractivity contribution is 5.78. The summed E-state index contributed by atoms with van der Waals surface area (Å²) in [7, 11) is 0. The SMILES string of the molecule is CCCC[C@@](N)(CC1CC1)C(=O)O. The molecule has 0 radical (unpaired) electrons. The Balaban J connectivity index is 2.45. The first-order valence-corrected chi connectivity index (χ1v) is 5.11. The van der Waals surface area contributed by atoms with Gasteiger partial charge in [0.1, 0.15) is 5.54 Å². The van der Waals surface area contributed by atoms with Crippen LogP contribution in [-0.2, 0) is 4.79 Å². The highest BCUT2D eigenvalue weighted by atomic mass is 16.4. The summed E-state index contributed by atoms with van der Waals surface area (Å²) >= 11 is 0. The molecule has 1 aliphatic rings. The first-order chi connectivity index (χ1) is 6.08. The van der Waals surface area contributed by atoms with Crippen molar-refractivity contribution in [2.45, 2.75) is 51.0 Å². The van der Waals surface area contributed by atoms with Gasteiger partial charge in [-0.1, -0.05) is 32.6 Å². The molecular formula is C10H19NO2. The van der Waals surface area contributed by atoms with Crippen molar-refractivity contribution in [3.05, 3.63) is 0 Å². The first-order valence-electron chi connectivity index (χ1n) is 5.11. The van der Waals surface area contributed by atoms with Crippen LogP contribution < -0.4 is 5.73 Å². The number of hydrogen-bond donors (Lipinski definition) is 2. The summed E-state index contributed by atoms with van der Waals surface area (Å²) in [5.41, 5.74) is 4.92. The Labute approximate surface area is 79.3 Å². The van der Waals surface area contributed by atoms with Crippen LogP contribution in [-0.4, -0.2) is 16.6 Å². The third kappa shape index (κ3) is 2.99. The Morgan fingerprint density at radius 2 is 2.23 bits per heavy atom. The van der Waals surface area contributed by atoms with Crippen molar-refractivity contribution in [2.75, 3.05) is 0 Å². The lowest BCUT2D eigenvalue weighted by Gasteiger charge is -2.24. The molecule has 0 aromatic carbocycles. The van der Waals surface area contributed by atoms with E-state index in [0.29, 0.717) is 18.8 Å². The first kappa shape index (κ1) is 10.5. The topological polar surface area (TPSA) is 63.3 Å². The molecule has 0 aromatic rings. The second kappa shape index (κ2) is 4.09. The number of hydrogen-bond acceptors (Lipinski definition) is 2. The molecule has 0 spiro atoms. The molecule has 0 heterocycles. The number of unbranched alkanes of at least 4 members (excludes halogenated alkanes) is 1. The summed E-state index contributed by atoms with van der Waals surface area (Å²) < 4.78 is 0. The molecule has 3 N–H and O–H groups in total. The van der Waals surface area contributed by atoms with E-state index in [1.165, 1.54) is 12.8 Å². The number of rotatable bonds is 6. The zero-order valence-corrected chi connectivity index (χ0v) is 8.25. The fourth-order valence-electron chi connectivity index (χ4n) is 1.63. The average Bonchev–Trinajstić information content (AvgIpc) is 2.84. The fraction of sp³-hybridized carbons (Fsp3) is 0.900. The number of aliphatic carboxylic acids is 1. The van der Waals surface area contributed by atoms with Crippen LogP contribution in [0.2, 0.25) is 0 Å². The molecule has 1 saturated carbocycles. The van der Waals surface area contributed by atoms with Crippen LogP contribution in [0.15, 0.2) is 0 Å². The minimum Gasteiger partial charge on any atom is -0.480 e. The van der Waals surface area contributed by atoms with Gasteiger partial charge in [0.15, 0.2) is 0 Å². The van der Waals surface area contributed by atoms with Crippen LogP contribution in [0.25, 0.3) is 0 Å². The predicted octanol–water partition coefficient (Wildman–Crippen LogP) is 1.76. The molecule has 0 aromatic heterocycles. The molecule has 1 rings (SSSR count). The van der Waals surface area contributed by atoms with E-state index >= 15 is 0 Å². The van der Waals surface area contributed by atoms with Gasteiger partial charge in [0.2, 0.25) is 0 Å². The van der Waals surface area contributed by atoms with Crippen LogP contribution in [0.5, 0.6) is 0 Å². The lowest BCUT2D eigenvalue weighted by molar-refractivity contribution is -0.144. The minimum absolute atomic E-state index is 0.581. The normalized spacial score (nSPS) is 21.1. The molecule has 1 atom stereocenters. The Bertz CT molecular complexity index is 189. The summed E-state index contributed by atoms with van der Waals surface area (Å²) in [5, 5.41) is 9.01. The van der Waals surface area contributed by atoms with Crippen LogP contribution >= 0.6 is 0 Å². The fourth-order valence-corrected chi connectivity index (χ4v) is 1.63. The van der Waals surface area contributed by atoms with Gasteiger partial charge in [0, 0.05) is 0 Å². The van der Waals surface area contributed by atoms with Gasteiger partial charge < -0.3 is 10.8 Å². The van der Waals surface area contributed by atoms with Gasteiger partial charge in [-0.3, -0.25) is 4.79 Å². The van der Waals surface area contributed by atoms with E-state index in [-0.39, 0.29) is 0 Å². The lowest BCUT2D eigenvalue weighted by Crippen LogP contribution is -2.48. The van der Waals surface area contributed by atoms with E-state index < -0.39 is 11.5 Å². The number of carboxylic acid groups (broad SMARTS) is 1. The Morgan fingerprint density at radius 3 is 2.62 bits per heavy atom. The molecule has 0 unspecified atom stereocenters. The lowest BCUT2D eigenvalue weighted by atomic mass is 9.88. The minimum atomic E-state index is -0.947. The van der Waals surface area contributed by atoms with Crippen molar-refractivity contribution in [2.24, 2.45) is 11.7 Å². The molecule has 76 valence electrons. The van der Waals surface area contributed by atoms with Gasteiger partial charge in [-0.15, -0.1) is 0 Å². The van der Waals surface area contributed by atoms with E-state index in [4.69, 9.17) is 10.8 Å². The molecular weight excluding hydrogens is 166 g/mol. The third-order valence-corrected chi connectivity index (χ3v) is 2.75. The van der Waals surface area contributed by atoms with Crippen molar-refractivity contribution >= 4 is 5.97 Å². The number of carboxylic acids is 1. The summed E-state index contributed by atoms with van der Waals surface area (Å²) in [6.45, 7) is 2.05. The molecule has 0 bridgehead atoms. The maximum Gasteiger partial charge on any atom is 0.323 e. The molecule has 13 heavy (non-hydrogen) atoms. The monoisotopic (exact) mass is 185 g/mol. The summed E-state index contributed by atoms with van der Waals surface area (Å²) in [5.74, 6) is -0.245. The molecule has 1 aliphatic carbocycles. The number of carbonyl (C=O) groups is 1. The van der Waals surface area contributed by atoms with Crippen molar-refractivity contribution in [1.29, 1.82) is 0 Å². The second-order valence-electron chi connectivity index (χ2n) is 4.21. The van der Waals surface area contributed by atoms with Crippen LogP contribution in [0.4, 0.5) is 0 Å². The van der Waals surface area contributed by atoms with E-state index in [1.54, 1.807) is 0 Å². The zero-order valence-electron chi connectivity index (χ0n) is 8.25. The van der Waals surface area contributed by atoms with Crippen LogP contribution in [0.3, 0.4) is 0 Å². The van der Waals surface area contributed by atoms with Gasteiger partial charge >= 0.3 is 5.97 Å². The summed E-state index contributed by atoms with van der Waals surface area (Å²) in [4.78, 5) is 11.0. The Morgan fingerprint density at radius 1 is 1.62 bits per heavy atom. The number of nitrogens with two attached hydrogens (primary N) is 1. The van der Waals surface area contributed by atoms with Gasteiger partial charge in [-0.05, 0) is 18.8 Å². The maximum absolute atomic E-state index is 11.0. The smallest absolute Gasteiger partial charge is 0.323 e. The van der Waals surface area contributed by atoms with E-state index in [1.807, 2.05) is 0 Å². The van der Waals surface area contributed by atoms with E-state index in [2.05, 4.69) is 6.92 Å². The molecule has 0 aliphatic heterocycles. The predicted molar refractivity (Wildman–Crippen MR) is 51.4 cm³/mol. The van der Waals surface area contributed by atoms with Crippen molar-refractivity contribution in [3.8, 4) is 0 Å². The molecule has 3 nitrogen and oxygen atoms in total. The highest BCUT2D eigenvalue weighted by Crippen LogP contribution is 2.37. The molecule has 0 amide bonds. The molecule has 1 fully saturated rings. The third-order valence-electron chi connectivity index (χ3n) is 2.75. The average molecular weight is 185 g/mol.